The Morgan fingerprint density at radius 2 is 2.44 bits per heavy atom. The fourth-order valence-corrected chi connectivity index (χ4v) is 0.615. The minimum Gasteiger partial charge on any atom is -0.256 e. The van der Waals surface area contributed by atoms with E-state index in [1.165, 1.54) is 23.7 Å². The molecular weight excluding hydrogens is 137 g/mol. The molecule has 0 aliphatic rings. The number of hydrogen-bond donors (Lipinski definition) is 0. The third-order valence-corrected chi connectivity index (χ3v) is 1.11. The van der Waals surface area contributed by atoms with Gasteiger partial charge in [0.15, 0.2) is 0 Å². The molecule has 1 heterocycles. The molecule has 1 rings (SSSR count). The summed E-state index contributed by atoms with van der Waals surface area (Å²) in [6.45, 7) is 0. The highest BCUT2D eigenvalue weighted by Crippen LogP contribution is 1.95. The molecule has 0 atom stereocenters. The standard InChI is InChI=1S/C6H4FNS/c7-5-1-2-8-6(3-5)4-9/h1-4H. The van der Waals surface area contributed by atoms with Crippen molar-refractivity contribution in [3.63, 3.8) is 0 Å². The van der Waals surface area contributed by atoms with E-state index < -0.39 is 0 Å². The number of pyridine rings is 1. The summed E-state index contributed by atoms with van der Waals surface area (Å²) in [4.78, 5) is 3.76. The van der Waals surface area contributed by atoms with Crippen LogP contribution in [0.25, 0.3) is 0 Å². The van der Waals surface area contributed by atoms with E-state index in [1.807, 2.05) is 0 Å². The van der Waals surface area contributed by atoms with Crippen molar-refractivity contribution in [2.24, 2.45) is 0 Å². The Hall–Kier alpha value is -0.830. The first kappa shape index (κ1) is 6.29. The van der Waals surface area contributed by atoms with Crippen LogP contribution in [-0.2, 0) is 0 Å². The van der Waals surface area contributed by atoms with E-state index in [9.17, 15) is 4.39 Å². The van der Waals surface area contributed by atoms with Crippen molar-refractivity contribution in [2.45, 2.75) is 0 Å². The van der Waals surface area contributed by atoms with Crippen molar-refractivity contribution in [3.8, 4) is 0 Å². The minimum atomic E-state index is -0.305. The van der Waals surface area contributed by atoms with Crippen LogP contribution in [0.3, 0.4) is 0 Å². The highest BCUT2D eigenvalue weighted by Gasteiger charge is 1.89. The number of halogens is 1. The summed E-state index contributed by atoms with van der Waals surface area (Å²) >= 11 is 4.52. The number of rotatable bonds is 1. The molecule has 0 aliphatic heterocycles. The zero-order chi connectivity index (χ0) is 6.69. The molecule has 0 N–H and O–H groups in total. The van der Waals surface area contributed by atoms with Crippen LogP contribution in [0.2, 0.25) is 0 Å². The lowest BCUT2D eigenvalue weighted by Crippen LogP contribution is -1.84. The lowest BCUT2D eigenvalue weighted by Gasteiger charge is -1.87. The third kappa shape index (κ3) is 1.54. The Balaban J connectivity index is 3.07. The van der Waals surface area contributed by atoms with E-state index in [0.717, 1.165) is 0 Å². The van der Waals surface area contributed by atoms with Gasteiger partial charge in [-0.2, -0.15) is 0 Å². The number of aromatic nitrogens is 1. The van der Waals surface area contributed by atoms with Gasteiger partial charge < -0.3 is 0 Å². The van der Waals surface area contributed by atoms with Crippen LogP contribution < -0.4 is 0 Å². The maximum Gasteiger partial charge on any atom is 0.126 e. The molecule has 1 aromatic heterocycles. The van der Waals surface area contributed by atoms with E-state index in [2.05, 4.69) is 17.2 Å². The molecule has 0 amide bonds. The Kier molecular flexibility index (Phi) is 1.85. The van der Waals surface area contributed by atoms with Gasteiger partial charge in [-0.25, -0.2) is 4.39 Å². The summed E-state index contributed by atoms with van der Waals surface area (Å²) < 4.78 is 12.2. The summed E-state index contributed by atoms with van der Waals surface area (Å²) in [6, 6.07) is 2.56. The first-order chi connectivity index (χ1) is 4.33. The highest BCUT2D eigenvalue weighted by molar-refractivity contribution is 7.79. The van der Waals surface area contributed by atoms with E-state index >= 15 is 0 Å². The quantitative estimate of drug-likeness (QED) is 0.550. The van der Waals surface area contributed by atoms with Gasteiger partial charge in [0.05, 0.1) is 5.69 Å². The van der Waals surface area contributed by atoms with Gasteiger partial charge in [-0.1, -0.05) is 12.2 Å². The first-order valence-corrected chi connectivity index (χ1v) is 2.87. The third-order valence-electron chi connectivity index (χ3n) is 0.864. The number of hydrogen-bond acceptors (Lipinski definition) is 2. The Morgan fingerprint density at radius 3 is 2.89 bits per heavy atom. The molecule has 0 bridgehead atoms. The molecule has 0 saturated carbocycles. The highest BCUT2D eigenvalue weighted by atomic mass is 32.1. The lowest BCUT2D eigenvalue weighted by molar-refractivity contribution is 0.625. The van der Waals surface area contributed by atoms with Crippen molar-refractivity contribution >= 4 is 17.6 Å². The fourth-order valence-electron chi connectivity index (χ4n) is 0.486. The first-order valence-electron chi connectivity index (χ1n) is 2.39. The molecule has 0 unspecified atom stereocenters. The van der Waals surface area contributed by atoms with Crippen molar-refractivity contribution in [2.75, 3.05) is 0 Å². The Labute approximate surface area is 57.5 Å². The summed E-state index contributed by atoms with van der Waals surface area (Å²) in [5, 5.41) is 1.34. The SMILES string of the molecule is Fc1ccnc(C=S)c1. The predicted octanol–water partition coefficient (Wildman–Crippen LogP) is 1.57. The van der Waals surface area contributed by atoms with Crippen molar-refractivity contribution in [1.29, 1.82) is 0 Å². The molecule has 0 aliphatic carbocycles. The molecular formula is C6H4FNS. The van der Waals surface area contributed by atoms with Crippen LogP contribution in [0, 0.1) is 5.82 Å². The second-order valence-corrected chi connectivity index (χ2v) is 1.75. The van der Waals surface area contributed by atoms with E-state index in [4.69, 9.17) is 0 Å². The summed E-state index contributed by atoms with van der Waals surface area (Å²) in [5.41, 5.74) is 0.491. The Morgan fingerprint density at radius 1 is 1.67 bits per heavy atom. The summed E-state index contributed by atoms with van der Waals surface area (Å²) in [7, 11) is 0. The monoisotopic (exact) mass is 141 g/mol. The molecule has 0 aromatic carbocycles. The van der Waals surface area contributed by atoms with Gasteiger partial charge in [0.1, 0.15) is 5.82 Å². The van der Waals surface area contributed by atoms with Gasteiger partial charge >= 0.3 is 0 Å². The van der Waals surface area contributed by atoms with Crippen LogP contribution in [0.15, 0.2) is 18.3 Å². The minimum absolute atomic E-state index is 0.305. The molecule has 0 fully saturated rings. The summed E-state index contributed by atoms with van der Waals surface area (Å²) in [5.74, 6) is -0.305. The normalized spacial score (nSPS) is 9.00. The average Bonchev–Trinajstić information content (AvgIpc) is 1.88. The number of thiocarbonyl (C=S) groups is 1. The molecule has 1 aromatic rings. The summed E-state index contributed by atoms with van der Waals surface area (Å²) in [6.07, 6.45) is 1.38. The van der Waals surface area contributed by atoms with Crippen molar-refractivity contribution in [1.82, 2.24) is 4.98 Å². The lowest BCUT2D eigenvalue weighted by atomic mass is 10.4. The smallest absolute Gasteiger partial charge is 0.126 e. The largest absolute Gasteiger partial charge is 0.256 e. The fraction of sp³-hybridized carbons (Fsp3) is 0. The van der Waals surface area contributed by atoms with E-state index in [0.29, 0.717) is 5.69 Å². The maximum absolute atomic E-state index is 12.2. The molecule has 0 saturated heterocycles. The number of nitrogens with zero attached hydrogens (tertiary/aromatic N) is 1. The van der Waals surface area contributed by atoms with Crippen LogP contribution >= 0.6 is 12.2 Å². The zero-order valence-electron chi connectivity index (χ0n) is 4.54. The molecule has 1 nitrogen and oxygen atoms in total. The van der Waals surface area contributed by atoms with Crippen molar-refractivity contribution < 1.29 is 4.39 Å². The van der Waals surface area contributed by atoms with Gasteiger partial charge in [-0.05, 0) is 6.07 Å². The van der Waals surface area contributed by atoms with Crippen LogP contribution in [0.4, 0.5) is 4.39 Å². The van der Waals surface area contributed by atoms with Crippen LogP contribution in [0.1, 0.15) is 5.69 Å². The van der Waals surface area contributed by atoms with E-state index in [-0.39, 0.29) is 5.82 Å². The van der Waals surface area contributed by atoms with Gasteiger partial charge in [0, 0.05) is 17.6 Å². The second kappa shape index (κ2) is 2.64. The van der Waals surface area contributed by atoms with Gasteiger partial charge in [0.2, 0.25) is 0 Å². The van der Waals surface area contributed by atoms with Crippen molar-refractivity contribution in [3.05, 3.63) is 29.8 Å². The molecule has 0 radical (unpaired) electrons. The van der Waals surface area contributed by atoms with Crippen LogP contribution in [0.5, 0.6) is 0 Å². The van der Waals surface area contributed by atoms with Crippen LogP contribution in [-0.4, -0.2) is 10.4 Å². The predicted molar refractivity (Wildman–Crippen MR) is 37.0 cm³/mol. The molecule has 3 heteroatoms. The topological polar surface area (TPSA) is 12.9 Å². The molecule has 0 spiro atoms. The molecule has 9 heavy (non-hydrogen) atoms. The average molecular weight is 141 g/mol. The molecule has 46 valence electrons. The van der Waals surface area contributed by atoms with Gasteiger partial charge in [0.25, 0.3) is 0 Å². The van der Waals surface area contributed by atoms with Gasteiger partial charge in [-0.3, -0.25) is 4.98 Å². The second-order valence-electron chi connectivity index (χ2n) is 1.52. The van der Waals surface area contributed by atoms with Gasteiger partial charge in [-0.15, -0.1) is 0 Å². The van der Waals surface area contributed by atoms with E-state index in [1.54, 1.807) is 0 Å². The Bertz CT molecular complexity index is 224. The maximum atomic E-state index is 12.2. The zero-order valence-corrected chi connectivity index (χ0v) is 5.36.